The molecule has 0 aromatic carbocycles. The van der Waals surface area contributed by atoms with E-state index in [-0.39, 0.29) is 0 Å². The molecule has 0 heterocycles. The molecule has 0 amide bonds. The summed E-state index contributed by atoms with van der Waals surface area (Å²) in [4.78, 5) is 0. The van der Waals surface area contributed by atoms with Gasteiger partial charge in [-0.15, -0.1) is 0 Å². The van der Waals surface area contributed by atoms with Crippen molar-refractivity contribution in [2.75, 3.05) is 0 Å². The zero-order valence-corrected chi connectivity index (χ0v) is 11.8. The van der Waals surface area contributed by atoms with E-state index in [4.69, 9.17) is 0 Å². The van der Waals surface area contributed by atoms with Crippen molar-refractivity contribution in [2.24, 2.45) is 22.7 Å². The predicted molar refractivity (Wildman–Crippen MR) is 71.5 cm³/mol. The zero-order valence-electron chi connectivity index (χ0n) is 11.8. The van der Waals surface area contributed by atoms with Crippen molar-refractivity contribution in [1.82, 2.24) is 0 Å². The molecule has 94 valence electrons. The molecule has 0 nitrogen and oxygen atoms in total. The fourth-order valence-corrected chi connectivity index (χ4v) is 4.47. The maximum atomic E-state index is 2.59. The van der Waals surface area contributed by atoms with Crippen LogP contribution in [0.4, 0.5) is 0 Å². The standard InChI is InChI=1S/C16H30/c1-15(2,3)11-13-8-9-14-7-5-6-10-16(14,4)12-13/h13-14H,5-12H2,1-4H3/t13?,14-,16-/m1/s1. The monoisotopic (exact) mass is 222 g/mol. The second-order valence-electron chi connectivity index (χ2n) is 8.01. The maximum absolute atomic E-state index is 2.59. The van der Waals surface area contributed by atoms with Crippen LogP contribution in [0.2, 0.25) is 0 Å². The maximum Gasteiger partial charge on any atom is -0.0295 e. The molecular formula is C16H30. The molecule has 0 spiro atoms. The van der Waals surface area contributed by atoms with Crippen molar-refractivity contribution in [3.05, 3.63) is 0 Å². The summed E-state index contributed by atoms with van der Waals surface area (Å²) in [5.41, 5.74) is 1.24. The van der Waals surface area contributed by atoms with E-state index in [2.05, 4.69) is 27.7 Å². The van der Waals surface area contributed by atoms with Crippen LogP contribution in [0.1, 0.15) is 79.1 Å². The van der Waals surface area contributed by atoms with Crippen LogP contribution < -0.4 is 0 Å². The van der Waals surface area contributed by atoms with Gasteiger partial charge in [0.05, 0.1) is 0 Å². The van der Waals surface area contributed by atoms with Crippen LogP contribution >= 0.6 is 0 Å². The highest BCUT2D eigenvalue weighted by atomic mass is 14.5. The third-order valence-corrected chi connectivity index (χ3v) is 5.12. The Hall–Kier alpha value is 0. The van der Waals surface area contributed by atoms with Crippen LogP contribution in [0.5, 0.6) is 0 Å². The molecule has 0 bridgehead atoms. The zero-order chi connectivity index (χ0) is 11.8. The number of hydrogen-bond donors (Lipinski definition) is 0. The van der Waals surface area contributed by atoms with Crippen molar-refractivity contribution in [2.45, 2.75) is 79.1 Å². The van der Waals surface area contributed by atoms with E-state index < -0.39 is 0 Å². The Balaban J connectivity index is 1.97. The summed E-state index contributed by atoms with van der Waals surface area (Å²) in [5, 5.41) is 0. The molecule has 2 rings (SSSR count). The van der Waals surface area contributed by atoms with Crippen molar-refractivity contribution < 1.29 is 0 Å². The van der Waals surface area contributed by atoms with Crippen LogP contribution in [0.3, 0.4) is 0 Å². The van der Waals surface area contributed by atoms with Crippen LogP contribution in [-0.4, -0.2) is 0 Å². The number of hydrogen-bond acceptors (Lipinski definition) is 0. The second kappa shape index (κ2) is 4.35. The quantitative estimate of drug-likeness (QED) is 0.556. The summed E-state index contributed by atoms with van der Waals surface area (Å²) in [6, 6.07) is 0. The van der Waals surface area contributed by atoms with E-state index >= 15 is 0 Å². The van der Waals surface area contributed by atoms with Crippen molar-refractivity contribution >= 4 is 0 Å². The molecule has 0 aromatic rings. The van der Waals surface area contributed by atoms with E-state index in [1.165, 1.54) is 51.4 Å². The normalized spacial score (nSPS) is 40.5. The second-order valence-corrected chi connectivity index (χ2v) is 8.01. The van der Waals surface area contributed by atoms with E-state index in [1.807, 2.05) is 0 Å². The highest BCUT2D eigenvalue weighted by Gasteiger charge is 2.41. The van der Waals surface area contributed by atoms with Gasteiger partial charge in [-0.05, 0) is 54.8 Å². The van der Waals surface area contributed by atoms with Crippen molar-refractivity contribution in [3.8, 4) is 0 Å². The summed E-state index contributed by atoms with van der Waals surface area (Å²) in [6.07, 6.45) is 12.0. The molecule has 0 saturated heterocycles. The molecule has 2 fully saturated rings. The SMILES string of the molecule is CC(C)(C)CC1CC[C@H]2CCCC[C@]2(C)C1. The Bertz CT molecular complexity index is 235. The molecule has 1 unspecified atom stereocenters. The van der Waals surface area contributed by atoms with Crippen LogP contribution in [0.15, 0.2) is 0 Å². The van der Waals surface area contributed by atoms with Gasteiger partial charge in [0, 0.05) is 0 Å². The molecule has 2 aliphatic carbocycles. The van der Waals surface area contributed by atoms with Gasteiger partial charge in [-0.25, -0.2) is 0 Å². The van der Waals surface area contributed by atoms with Gasteiger partial charge in [0.1, 0.15) is 0 Å². The lowest BCUT2D eigenvalue weighted by atomic mass is 9.57. The number of fused-ring (bicyclic) bond motifs is 1. The highest BCUT2D eigenvalue weighted by molar-refractivity contribution is 4.92. The van der Waals surface area contributed by atoms with Crippen LogP contribution in [0.25, 0.3) is 0 Å². The average Bonchev–Trinajstić information content (AvgIpc) is 2.13. The lowest BCUT2D eigenvalue weighted by Crippen LogP contribution is -2.38. The highest BCUT2D eigenvalue weighted by Crippen LogP contribution is 2.53. The topological polar surface area (TPSA) is 0 Å². The van der Waals surface area contributed by atoms with Gasteiger partial charge in [0.25, 0.3) is 0 Å². The van der Waals surface area contributed by atoms with Gasteiger partial charge < -0.3 is 0 Å². The molecule has 0 N–H and O–H groups in total. The van der Waals surface area contributed by atoms with Gasteiger partial charge in [0.2, 0.25) is 0 Å². The Morgan fingerprint density at radius 3 is 2.50 bits per heavy atom. The van der Waals surface area contributed by atoms with Gasteiger partial charge in [0.15, 0.2) is 0 Å². The third-order valence-electron chi connectivity index (χ3n) is 5.12. The van der Waals surface area contributed by atoms with Crippen LogP contribution in [-0.2, 0) is 0 Å². The lowest BCUT2D eigenvalue weighted by Gasteiger charge is -2.49. The minimum Gasteiger partial charge on any atom is -0.0602 e. The molecular weight excluding hydrogens is 192 g/mol. The first-order chi connectivity index (χ1) is 7.39. The molecule has 0 heteroatoms. The first kappa shape index (κ1) is 12.5. The van der Waals surface area contributed by atoms with E-state index in [1.54, 1.807) is 0 Å². The van der Waals surface area contributed by atoms with Crippen LogP contribution in [0, 0.1) is 22.7 Å². The van der Waals surface area contributed by atoms with Crippen molar-refractivity contribution in [3.63, 3.8) is 0 Å². The van der Waals surface area contributed by atoms with E-state index in [9.17, 15) is 0 Å². The Morgan fingerprint density at radius 2 is 1.81 bits per heavy atom. The minimum absolute atomic E-state index is 0.530. The summed E-state index contributed by atoms with van der Waals surface area (Å²) >= 11 is 0. The molecule has 0 aromatic heterocycles. The fourth-order valence-electron chi connectivity index (χ4n) is 4.47. The first-order valence-corrected chi connectivity index (χ1v) is 7.39. The summed E-state index contributed by atoms with van der Waals surface area (Å²) < 4.78 is 0. The van der Waals surface area contributed by atoms with Gasteiger partial charge >= 0.3 is 0 Å². The summed E-state index contributed by atoms with van der Waals surface area (Å²) in [7, 11) is 0. The van der Waals surface area contributed by atoms with Crippen molar-refractivity contribution in [1.29, 1.82) is 0 Å². The van der Waals surface area contributed by atoms with Gasteiger partial charge in [-0.1, -0.05) is 47.0 Å². The number of rotatable bonds is 1. The summed E-state index contributed by atoms with van der Waals surface area (Å²) in [5.74, 6) is 2.08. The van der Waals surface area contributed by atoms with E-state index in [0.29, 0.717) is 10.8 Å². The molecule has 3 atom stereocenters. The molecule has 2 aliphatic rings. The predicted octanol–water partition coefficient (Wildman–Crippen LogP) is 5.42. The minimum atomic E-state index is 0.530. The summed E-state index contributed by atoms with van der Waals surface area (Å²) in [6.45, 7) is 9.80. The molecule has 0 radical (unpaired) electrons. The largest absolute Gasteiger partial charge is 0.0602 e. The Kier molecular flexibility index (Phi) is 3.39. The van der Waals surface area contributed by atoms with E-state index in [0.717, 1.165) is 11.8 Å². The molecule has 2 saturated carbocycles. The Labute approximate surface area is 102 Å². The first-order valence-electron chi connectivity index (χ1n) is 7.39. The smallest absolute Gasteiger partial charge is 0.0295 e. The Morgan fingerprint density at radius 1 is 1.06 bits per heavy atom. The van der Waals surface area contributed by atoms with Gasteiger partial charge in [-0.3, -0.25) is 0 Å². The van der Waals surface area contributed by atoms with Gasteiger partial charge in [-0.2, -0.15) is 0 Å². The third kappa shape index (κ3) is 2.81. The molecule has 16 heavy (non-hydrogen) atoms. The molecule has 0 aliphatic heterocycles. The average molecular weight is 222 g/mol. The lowest BCUT2D eigenvalue weighted by molar-refractivity contribution is 0.0222. The fraction of sp³-hybridized carbons (Fsp3) is 1.00.